The van der Waals surface area contributed by atoms with Crippen LogP contribution in [0, 0.1) is 12.3 Å². The average molecular weight is 1210 g/mol. The number of nitrogens with zero attached hydrogens (tertiary/aromatic N) is 4. The van der Waals surface area contributed by atoms with Gasteiger partial charge in [-0.2, -0.15) is 0 Å². The van der Waals surface area contributed by atoms with E-state index < -0.39 is 35.1 Å². The molecule has 5 aromatic rings. The number of carbonyl (C=O) groups excluding carboxylic acids is 5. The molecule has 0 radical (unpaired) electrons. The number of benzene rings is 2. The van der Waals surface area contributed by atoms with Crippen LogP contribution in [-0.2, 0) is 71.8 Å². The number of rotatable bonds is 32. The van der Waals surface area contributed by atoms with Crippen LogP contribution in [0.15, 0.2) is 54.0 Å². The maximum atomic E-state index is 14.0. The molecule has 2 aromatic carbocycles. The fourth-order valence-corrected chi connectivity index (χ4v) is 12.4. The average Bonchev–Trinajstić information content (AvgIpc) is 2.92. The molecule has 0 aliphatic carbocycles. The van der Waals surface area contributed by atoms with Gasteiger partial charge in [0.2, 0.25) is 23.6 Å². The highest BCUT2D eigenvalue weighted by Gasteiger charge is 2.44. The number of likely N-dealkylation sites (tertiary alicyclic amines) is 1. The molecule has 3 atom stereocenters. The number of hydrogen-bond acceptors (Lipinski definition) is 19. The normalized spacial score (nSPS) is 15.8. The monoisotopic (exact) mass is 1210 g/mol. The molecule has 5 heterocycles. The van der Waals surface area contributed by atoms with Gasteiger partial charge < -0.3 is 69.3 Å². The van der Waals surface area contributed by atoms with Crippen LogP contribution < -0.4 is 21.3 Å². The molecule has 5 amide bonds. The van der Waals surface area contributed by atoms with Crippen molar-refractivity contribution in [2.24, 2.45) is 5.41 Å². The lowest BCUT2D eigenvalue weighted by atomic mass is 9.85. The molecular weight excluding hydrogens is 1120 g/mol. The summed E-state index contributed by atoms with van der Waals surface area (Å²) in [5.41, 5.74) is 6.41. The molecular formula is C59H82N8O13S3. The minimum atomic E-state index is -0.934. The number of anilines is 1. The van der Waals surface area contributed by atoms with Crippen molar-refractivity contribution in [2.75, 3.05) is 111 Å². The first-order chi connectivity index (χ1) is 39.8. The SMILES string of the molecule is Cc1ncsc1-c1ccc(CNC(=O)[C@@H]2C[C@@H](O)CN2C(=O)[C@@H](NC(=O)CCOCCOCCOCCOCCOCCOCCNCCC(=O)Nc2sc3c(c2-c2nc4ccccc4s2)CCN(C(=O)OC(C)(C)C)C3)C(C)(C)C)cc1. The summed E-state index contributed by atoms with van der Waals surface area (Å²) in [6.45, 7) is 19.7. The van der Waals surface area contributed by atoms with Gasteiger partial charge in [0.15, 0.2) is 0 Å². The molecule has 1 saturated heterocycles. The van der Waals surface area contributed by atoms with Crippen molar-refractivity contribution in [3.63, 3.8) is 0 Å². The van der Waals surface area contributed by atoms with E-state index in [1.807, 2.05) is 103 Å². The molecule has 1 fully saturated rings. The van der Waals surface area contributed by atoms with Crippen LogP contribution in [0.2, 0.25) is 0 Å². The summed E-state index contributed by atoms with van der Waals surface area (Å²) >= 11 is 4.67. The third kappa shape index (κ3) is 20.3. The third-order valence-corrected chi connectivity index (χ3v) is 16.6. The number of aryl methyl sites for hydroxylation is 1. The van der Waals surface area contributed by atoms with Crippen molar-refractivity contribution < 1.29 is 62.2 Å². The number of aromatic nitrogens is 2. The van der Waals surface area contributed by atoms with Crippen molar-refractivity contribution in [1.29, 1.82) is 0 Å². The Kier molecular flexibility index (Phi) is 25.2. The van der Waals surface area contributed by atoms with Crippen molar-refractivity contribution in [1.82, 2.24) is 35.7 Å². The molecule has 2 aliphatic heterocycles. The van der Waals surface area contributed by atoms with E-state index in [9.17, 15) is 29.1 Å². The van der Waals surface area contributed by atoms with Crippen LogP contribution in [-0.4, -0.2) is 184 Å². The van der Waals surface area contributed by atoms with E-state index in [1.54, 1.807) is 27.6 Å². The van der Waals surface area contributed by atoms with E-state index in [0.29, 0.717) is 98.7 Å². The summed E-state index contributed by atoms with van der Waals surface area (Å²) in [4.78, 5) is 81.0. The Bertz CT molecular complexity index is 2850. The number of carbonyl (C=O) groups is 5. The maximum Gasteiger partial charge on any atom is 0.410 e. The number of β-amino-alcohol motifs (C(OH)–C–C–N with tert-alkyl or cyclic N) is 1. The van der Waals surface area contributed by atoms with Gasteiger partial charge in [-0.25, -0.2) is 14.8 Å². The van der Waals surface area contributed by atoms with E-state index in [0.717, 1.165) is 57.9 Å². The molecule has 0 bridgehead atoms. The van der Waals surface area contributed by atoms with Crippen molar-refractivity contribution >= 4 is 79.0 Å². The second-order valence-corrected chi connectivity index (χ2v) is 25.3. The third-order valence-electron chi connectivity index (χ3n) is 13.5. The summed E-state index contributed by atoms with van der Waals surface area (Å²) < 4.78 is 40.4. The number of amides is 5. The maximum absolute atomic E-state index is 14.0. The highest BCUT2D eigenvalue weighted by atomic mass is 32.1. The topological polar surface area (TPSA) is 251 Å². The first-order valence-electron chi connectivity index (χ1n) is 28.3. The van der Waals surface area contributed by atoms with Crippen molar-refractivity contribution in [3.05, 3.63) is 75.7 Å². The highest BCUT2D eigenvalue weighted by molar-refractivity contribution is 7.23. The van der Waals surface area contributed by atoms with Gasteiger partial charge in [0.1, 0.15) is 27.7 Å². The Balaban J connectivity index is 0.660. The van der Waals surface area contributed by atoms with Crippen LogP contribution in [0.5, 0.6) is 0 Å². The quantitative estimate of drug-likeness (QED) is 0.0273. The minimum absolute atomic E-state index is 0.00898. The number of fused-ring (bicyclic) bond motifs is 2. The zero-order valence-corrected chi connectivity index (χ0v) is 51.3. The van der Waals surface area contributed by atoms with Gasteiger partial charge in [0, 0.05) is 62.4 Å². The molecule has 0 unspecified atom stereocenters. The number of aliphatic hydroxyl groups excluding tert-OH is 1. The molecule has 3 aromatic heterocycles. The standard InChI is InChI=1S/C59H82N8O13S3/c1-39-51(81-38-62-39)41-14-12-40(13-15-41)35-61-53(71)45-34-42(68)36-67(45)56(72)52(58(2,3)4)64-49(70)18-22-74-24-26-76-28-30-78-32-33-79-31-29-77-27-25-75-23-20-60-19-16-48(69)65-55-50(54-63-44-10-8-9-11-46(44)82-54)43-17-21-66(37-47(43)83-55)57(73)80-59(5,6)7/h8-15,38,42,45,52,60,68H,16-37H2,1-7H3,(H,61,71)(H,64,70)(H,65,69)/t42-,45+,52-/m1/s1. The van der Waals surface area contributed by atoms with Gasteiger partial charge in [-0.15, -0.1) is 34.0 Å². The second kappa shape index (κ2) is 32.1. The molecule has 0 spiro atoms. The second-order valence-electron chi connectivity index (χ2n) is 22.3. The number of aliphatic hydroxyl groups is 1. The lowest BCUT2D eigenvalue weighted by Gasteiger charge is -2.35. The number of nitrogens with one attached hydrogen (secondary N) is 4. The Hall–Kier alpha value is -5.51. The largest absolute Gasteiger partial charge is 0.444 e. The fraction of sp³-hybridized carbons (Fsp3) is 0.576. The van der Waals surface area contributed by atoms with Gasteiger partial charge in [-0.05, 0) is 68.4 Å². The number of para-hydroxylation sites is 1. The van der Waals surface area contributed by atoms with Gasteiger partial charge >= 0.3 is 6.09 Å². The zero-order valence-electron chi connectivity index (χ0n) is 48.8. The number of ether oxygens (including phenoxy) is 7. The minimum Gasteiger partial charge on any atom is -0.444 e. The van der Waals surface area contributed by atoms with E-state index in [1.165, 1.54) is 16.2 Å². The molecule has 83 heavy (non-hydrogen) atoms. The Morgan fingerprint density at radius 3 is 2.02 bits per heavy atom. The molecule has 7 rings (SSSR count). The number of thiophene rings is 1. The van der Waals surface area contributed by atoms with Crippen LogP contribution in [0.25, 0.3) is 31.2 Å². The fourth-order valence-electron chi connectivity index (χ4n) is 9.22. The van der Waals surface area contributed by atoms with E-state index in [4.69, 9.17) is 38.1 Å². The molecule has 24 heteroatoms. The Morgan fingerprint density at radius 2 is 1.41 bits per heavy atom. The number of hydrogen-bond donors (Lipinski definition) is 5. The zero-order chi connectivity index (χ0) is 59.4. The van der Waals surface area contributed by atoms with E-state index in [2.05, 4.69) is 26.3 Å². The van der Waals surface area contributed by atoms with Crippen LogP contribution in [0.4, 0.5) is 9.80 Å². The van der Waals surface area contributed by atoms with Gasteiger partial charge in [0.05, 0.1) is 118 Å². The number of thiazole rings is 2. The van der Waals surface area contributed by atoms with Crippen molar-refractivity contribution in [3.8, 4) is 21.0 Å². The van der Waals surface area contributed by atoms with E-state index in [-0.39, 0.29) is 69.4 Å². The van der Waals surface area contributed by atoms with Gasteiger partial charge in [0.25, 0.3) is 0 Å². The summed E-state index contributed by atoms with van der Waals surface area (Å²) in [5.74, 6) is -1.27. The smallest absolute Gasteiger partial charge is 0.410 e. The molecule has 0 saturated carbocycles. The lowest BCUT2D eigenvalue weighted by molar-refractivity contribution is -0.144. The van der Waals surface area contributed by atoms with E-state index >= 15 is 0 Å². The van der Waals surface area contributed by atoms with Gasteiger partial charge in [-0.1, -0.05) is 57.2 Å². The predicted octanol–water partition coefficient (Wildman–Crippen LogP) is 6.97. The molecule has 21 nitrogen and oxygen atoms in total. The first kappa shape index (κ1) is 65.0. The summed E-state index contributed by atoms with van der Waals surface area (Å²) in [7, 11) is 0. The summed E-state index contributed by atoms with van der Waals surface area (Å²) in [5, 5.41) is 24.4. The summed E-state index contributed by atoms with van der Waals surface area (Å²) in [6.07, 6.45) is -0.176. The Labute approximate surface area is 498 Å². The summed E-state index contributed by atoms with van der Waals surface area (Å²) in [6, 6.07) is 14.1. The molecule has 5 N–H and O–H groups in total. The van der Waals surface area contributed by atoms with Crippen LogP contribution >= 0.6 is 34.0 Å². The first-order valence-corrected chi connectivity index (χ1v) is 30.9. The van der Waals surface area contributed by atoms with Crippen LogP contribution in [0.1, 0.15) is 82.5 Å². The lowest BCUT2D eigenvalue weighted by Crippen LogP contribution is -2.57. The van der Waals surface area contributed by atoms with Crippen LogP contribution in [0.3, 0.4) is 0 Å². The molecule has 454 valence electrons. The van der Waals surface area contributed by atoms with Crippen molar-refractivity contribution in [2.45, 2.75) is 111 Å². The highest BCUT2D eigenvalue weighted by Crippen LogP contribution is 2.46. The predicted molar refractivity (Wildman–Crippen MR) is 321 cm³/mol. The molecule has 2 aliphatic rings. The van der Waals surface area contributed by atoms with Gasteiger partial charge in [-0.3, -0.25) is 19.2 Å². The Morgan fingerprint density at radius 1 is 0.771 bits per heavy atom.